The van der Waals surface area contributed by atoms with Gasteiger partial charge in [0.25, 0.3) is 0 Å². The van der Waals surface area contributed by atoms with Crippen LogP contribution in [0.25, 0.3) is 22.2 Å². The van der Waals surface area contributed by atoms with Crippen LogP contribution in [0.3, 0.4) is 0 Å². The highest BCUT2D eigenvalue weighted by molar-refractivity contribution is 5.91. The number of aromatic nitrogens is 1. The van der Waals surface area contributed by atoms with E-state index in [0.717, 1.165) is 45.3 Å². The molecule has 178 valence electrons. The summed E-state index contributed by atoms with van der Waals surface area (Å²) in [6.45, 7) is 7.97. The zero-order valence-electron chi connectivity index (χ0n) is 20.5. The van der Waals surface area contributed by atoms with Crippen molar-refractivity contribution >= 4 is 10.9 Å². The number of fused-ring (bicyclic) bond motifs is 1. The normalized spacial score (nSPS) is 11.5. The van der Waals surface area contributed by atoms with E-state index in [9.17, 15) is 5.11 Å². The Labute approximate surface area is 203 Å². The summed E-state index contributed by atoms with van der Waals surface area (Å²) in [6, 6.07) is 23.0. The van der Waals surface area contributed by atoms with Crippen LogP contribution >= 0.6 is 0 Å². The van der Waals surface area contributed by atoms with Crippen LogP contribution in [0.4, 0.5) is 0 Å². The van der Waals surface area contributed by atoms with Gasteiger partial charge in [0.15, 0.2) is 0 Å². The minimum atomic E-state index is 0.329. The van der Waals surface area contributed by atoms with Crippen LogP contribution in [-0.4, -0.2) is 41.2 Å². The summed E-state index contributed by atoms with van der Waals surface area (Å²) in [4.78, 5) is 6.21. The van der Waals surface area contributed by atoms with Gasteiger partial charge in [-0.3, -0.25) is 0 Å². The number of benzene rings is 3. The minimum Gasteiger partial charge on any atom is -0.508 e. The maximum atomic E-state index is 9.46. The number of aryl methyl sites for hydroxylation is 3. The van der Waals surface area contributed by atoms with Crippen molar-refractivity contribution in [2.24, 2.45) is 5.73 Å². The molecule has 34 heavy (non-hydrogen) atoms. The van der Waals surface area contributed by atoms with Crippen molar-refractivity contribution in [3.8, 4) is 17.0 Å². The number of phenolic OH excluding ortho intramolecular Hbond substituents is 1. The topological polar surface area (TPSA) is 65.3 Å². The van der Waals surface area contributed by atoms with Gasteiger partial charge < -0.3 is 20.7 Å². The third kappa shape index (κ3) is 6.07. The predicted molar refractivity (Wildman–Crippen MR) is 143 cm³/mol. The molecular weight excluding hydrogens is 418 g/mol. The van der Waals surface area contributed by atoms with E-state index in [1.54, 1.807) is 12.1 Å². The summed E-state index contributed by atoms with van der Waals surface area (Å²) in [5, 5.41) is 10.8. The average molecular weight is 456 g/mol. The van der Waals surface area contributed by atoms with E-state index in [0.29, 0.717) is 12.3 Å². The number of hydrogen-bond donors (Lipinski definition) is 3. The number of nitrogens with zero attached hydrogens (tertiary/aromatic N) is 1. The standard InChI is InChI=1S/C30H37N3O/c1-22-19-23(2)21-25(20-22)30-28(27-8-3-4-9-29(27)32-30)14-17-33(18-15-31)16-6-5-7-24-10-12-26(34)13-11-24/h3-4,8-13,19-21,32,34H,5-7,14-18,31H2,1-2H3. The molecule has 0 saturated heterocycles. The van der Waals surface area contributed by atoms with E-state index in [1.165, 1.54) is 44.4 Å². The molecule has 0 saturated carbocycles. The number of para-hydroxylation sites is 1. The molecule has 0 spiro atoms. The van der Waals surface area contributed by atoms with E-state index in [2.05, 4.69) is 66.2 Å². The van der Waals surface area contributed by atoms with Crippen molar-refractivity contribution in [2.75, 3.05) is 26.2 Å². The maximum absolute atomic E-state index is 9.46. The monoisotopic (exact) mass is 455 g/mol. The first-order valence-electron chi connectivity index (χ1n) is 12.4. The predicted octanol–water partition coefficient (Wildman–Crippen LogP) is 5.98. The Morgan fingerprint density at radius 1 is 0.824 bits per heavy atom. The number of nitrogens with one attached hydrogen (secondary N) is 1. The van der Waals surface area contributed by atoms with Crippen LogP contribution in [0.5, 0.6) is 5.75 Å². The molecule has 4 N–H and O–H groups in total. The van der Waals surface area contributed by atoms with Gasteiger partial charge in [-0.15, -0.1) is 0 Å². The molecule has 0 unspecified atom stereocenters. The Kier molecular flexibility index (Phi) is 8.04. The number of hydrogen-bond acceptors (Lipinski definition) is 3. The van der Waals surface area contributed by atoms with Gasteiger partial charge in [0.05, 0.1) is 0 Å². The molecule has 0 atom stereocenters. The highest BCUT2D eigenvalue weighted by Crippen LogP contribution is 2.32. The summed E-state index contributed by atoms with van der Waals surface area (Å²) in [6.07, 6.45) is 4.30. The second kappa shape index (κ2) is 11.4. The zero-order chi connectivity index (χ0) is 23.9. The first-order valence-corrected chi connectivity index (χ1v) is 12.4. The van der Waals surface area contributed by atoms with Crippen molar-refractivity contribution in [2.45, 2.75) is 39.5 Å². The van der Waals surface area contributed by atoms with E-state index in [-0.39, 0.29) is 0 Å². The van der Waals surface area contributed by atoms with Crippen LogP contribution < -0.4 is 5.73 Å². The third-order valence-corrected chi connectivity index (χ3v) is 6.57. The van der Waals surface area contributed by atoms with Crippen molar-refractivity contribution < 1.29 is 5.11 Å². The lowest BCUT2D eigenvalue weighted by Gasteiger charge is -2.22. The summed E-state index contributed by atoms with van der Waals surface area (Å²) in [5.74, 6) is 0.329. The Bertz CT molecular complexity index is 1190. The van der Waals surface area contributed by atoms with E-state index in [4.69, 9.17) is 5.73 Å². The first kappa shape index (κ1) is 24.1. The second-order valence-corrected chi connectivity index (χ2v) is 9.40. The molecule has 0 aliphatic rings. The fraction of sp³-hybridized carbons (Fsp3) is 0.333. The van der Waals surface area contributed by atoms with Gasteiger partial charge in [0.1, 0.15) is 5.75 Å². The Morgan fingerprint density at radius 2 is 1.56 bits per heavy atom. The Hall–Kier alpha value is -3.08. The summed E-state index contributed by atoms with van der Waals surface area (Å²) in [5.41, 5.74) is 14.9. The van der Waals surface area contributed by atoms with Crippen LogP contribution in [0.15, 0.2) is 66.7 Å². The number of nitrogens with two attached hydrogens (primary N) is 1. The summed E-state index contributed by atoms with van der Waals surface area (Å²) < 4.78 is 0. The molecule has 0 radical (unpaired) electrons. The van der Waals surface area contributed by atoms with Crippen LogP contribution in [-0.2, 0) is 12.8 Å². The van der Waals surface area contributed by atoms with Crippen molar-refractivity contribution in [1.29, 1.82) is 0 Å². The third-order valence-electron chi connectivity index (χ3n) is 6.57. The first-order chi connectivity index (χ1) is 16.5. The second-order valence-electron chi connectivity index (χ2n) is 9.40. The van der Waals surface area contributed by atoms with Gasteiger partial charge in [-0.1, -0.05) is 47.5 Å². The Balaban J connectivity index is 1.45. The maximum Gasteiger partial charge on any atom is 0.115 e. The Morgan fingerprint density at radius 3 is 2.29 bits per heavy atom. The van der Waals surface area contributed by atoms with Gasteiger partial charge >= 0.3 is 0 Å². The molecular formula is C30H37N3O. The van der Waals surface area contributed by atoms with E-state index >= 15 is 0 Å². The number of H-pyrrole nitrogens is 1. The lowest BCUT2D eigenvalue weighted by Crippen LogP contribution is -2.32. The fourth-order valence-corrected chi connectivity index (χ4v) is 4.94. The molecule has 0 aliphatic carbocycles. The largest absolute Gasteiger partial charge is 0.508 e. The van der Waals surface area contributed by atoms with Crippen molar-refractivity contribution in [3.05, 3.63) is 89.0 Å². The molecule has 4 aromatic rings. The number of aromatic amines is 1. The van der Waals surface area contributed by atoms with Gasteiger partial charge in [-0.2, -0.15) is 0 Å². The van der Waals surface area contributed by atoms with Crippen LogP contribution in [0, 0.1) is 13.8 Å². The average Bonchev–Trinajstić information content (AvgIpc) is 3.19. The van der Waals surface area contributed by atoms with Gasteiger partial charge in [-0.25, -0.2) is 0 Å². The summed E-state index contributed by atoms with van der Waals surface area (Å²) >= 11 is 0. The highest BCUT2D eigenvalue weighted by atomic mass is 16.3. The highest BCUT2D eigenvalue weighted by Gasteiger charge is 2.15. The minimum absolute atomic E-state index is 0.329. The molecule has 1 aromatic heterocycles. The van der Waals surface area contributed by atoms with E-state index < -0.39 is 0 Å². The van der Waals surface area contributed by atoms with Gasteiger partial charge in [0, 0.05) is 36.2 Å². The SMILES string of the molecule is Cc1cc(C)cc(-c2[nH]c3ccccc3c2CCN(CCN)CCCCc2ccc(O)cc2)c1. The summed E-state index contributed by atoms with van der Waals surface area (Å²) in [7, 11) is 0. The van der Waals surface area contributed by atoms with Gasteiger partial charge in [-0.05, 0) is 93.1 Å². The number of aromatic hydroxyl groups is 1. The molecule has 1 heterocycles. The molecule has 4 nitrogen and oxygen atoms in total. The van der Waals surface area contributed by atoms with Crippen LogP contribution in [0.2, 0.25) is 0 Å². The molecule has 0 amide bonds. The number of rotatable bonds is 11. The molecule has 3 aromatic carbocycles. The molecule has 0 bridgehead atoms. The number of unbranched alkanes of at least 4 members (excludes halogenated alkanes) is 1. The smallest absolute Gasteiger partial charge is 0.115 e. The molecule has 0 fully saturated rings. The van der Waals surface area contributed by atoms with Crippen molar-refractivity contribution in [1.82, 2.24) is 9.88 Å². The quantitative estimate of drug-likeness (QED) is 0.244. The lowest BCUT2D eigenvalue weighted by molar-refractivity contribution is 0.279. The molecule has 4 heteroatoms. The van der Waals surface area contributed by atoms with E-state index in [1.807, 2.05) is 12.1 Å². The lowest BCUT2D eigenvalue weighted by atomic mass is 9.99. The number of phenols is 1. The van der Waals surface area contributed by atoms with Gasteiger partial charge in [0.2, 0.25) is 0 Å². The molecule has 4 rings (SSSR count). The van der Waals surface area contributed by atoms with Crippen molar-refractivity contribution in [3.63, 3.8) is 0 Å². The van der Waals surface area contributed by atoms with Crippen LogP contribution in [0.1, 0.15) is 35.1 Å². The fourth-order valence-electron chi connectivity index (χ4n) is 4.94. The molecule has 0 aliphatic heterocycles. The zero-order valence-corrected chi connectivity index (χ0v) is 20.5.